The van der Waals surface area contributed by atoms with Gasteiger partial charge in [-0.3, -0.25) is 0 Å². The summed E-state index contributed by atoms with van der Waals surface area (Å²) < 4.78 is 49.2. The molecule has 1 fully saturated rings. The summed E-state index contributed by atoms with van der Waals surface area (Å²) in [7, 11) is -2.18. The van der Waals surface area contributed by atoms with E-state index in [2.05, 4.69) is 31.0 Å². The first-order valence-electron chi connectivity index (χ1n) is 12.1. The van der Waals surface area contributed by atoms with Crippen molar-refractivity contribution >= 4 is 43.2 Å². The van der Waals surface area contributed by atoms with E-state index in [1.54, 1.807) is 26.0 Å². The fraction of sp³-hybridized carbons (Fsp3) is 0.440. The predicted octanol–water partition coefficient (Wildman–Crippen LogP) is 4.30. The Hall–Kier alpha value is -2.25. The Balaban J connectivity index is 1.74. The molecule has 3 atom stereocenters. The van der Waals surface area contributed by atoms with Crippen LogP contribution in [0.2, 0.25) is 5.02 Å². The van der Waals surface area contributed by atoms with Crippen molar-refractivity contribution in [3.63, 3.8) is 0 Å². The van der Waals surface area contributed by atoms with Crippen molar-refractivity contribution in [1.82, 2.24) is 19.4 Å². The highest BCUT2D eigenvalue weighted by Crippen LogP contribution is 2.51. The summed E-state index contributed by atoms with van der Waals surface area (Å²) in [6.07, 6.45) is 0.815. The molecule has 0 aliphatic carbocycles. The Labute approximate surface area is 233 Å². The van der Waals surface area contributed by atoms with E-state index in [0.29, 0.717) is 16.3 Å². The minimum absolute atomic E-state index is 0.00100. The zero-order chi connectivity index (χ0) is 27.6. The molecule has 204 valence electrons. The average Bonchev–Trinajstić information content (AvgIpc) is 3.46. The number of likely N-dealkylation sites (N-methyl/N-ethyl adjacent to an activating group) is 1. The summed E-state index contributed by atoms with van der Waals surface area (Å²) in [5.74, 6) is -1.55. The molecule has 0 radical (unpaired) electrons. The standard InChI is InChI=1S/C25H28BrClFN5O4S/c1-14-5-7-18(28)21(15(14)2)25(3,26)22(23-29-30-24(34)37-23)33-13-32(17-9-10-31(4)12-17)19-11-16(27)6-8-20(19)38(33,35)36/h5-8,11,17,22H,9-10,12-13H2,1-4H3,(H,30,34)/t17-,22-,25-/m1/s1. The Morgan fingerprint density at radius 1 is 1.29 bits per heavy atom. The molecule has 0 spiro atoms. The number of H-pyrrole nitrogens is 1. The average molecular weight is 629 g/mol. The molecular weight excluding hydrogens is 601 g/mol. The van der Waals surface area contributed by atoms with Crippen molar-refractivity contribution in [1.29, 1.82) is 0 Å². The topological polar surface area (TPSA) is 103 Å². The number of benzene rings is 2. The van der Waals surface area contributed by atoms with Crippen molar-refractivity contribution in [3.8, 4) is 0 Å². The number of likely N-dealkylation sites (tertiary alicyclic amines) is 1. The minimum atomic E-state index is -4.19. The van der Waals surface area contributed by atoms with Crippen LogP contribution in [0.3, 0.4) is 0 Å². The second-order valence-corrected chi connectivity index (χ2v) is 14.1. The number of fused-ring (bicyclic) bond motifs is 1. The van der Waals surface area contributed by atoms with E-state index >= 15 is 4.39 Å². The van der Waals surface area contributed by atoms with Gasteiger partial charge in [0, 0.05) is 23.2 Å². The molecule has 2 aliphatic rings. The van der Waals surface area contributed by atoms with Gasteiger partial charge in [0.1, 0.15) is 16.8 Å². The van der Waals surface area contributed by atoms with E-state index in [1.165, 1.54) is 22.5 Å². The molecule has 1 aromatic heterocycles. The minimum Gasteiger partial charge on any atom is -0.391 e. The number of halogens is 3. The fourth-order valence-electron chi connectivity index (χ4n) is 5.56. The van der Waals surface area contributed by atoms with Gasteiger partial charge in [0.25, 0.3) is 0 Å². The number of aromatic nitrogens is 2. The largest absolute Gasteiger partial charge is 0.434 e. The van der Waals surface area contributed by atoms with Gasteiger partial charge in [0.05, 0.1) is 16.7 Å². The molecule has 2 aromatic carbocycles. The number of aryl methyl sites for hydroxylation is 1. The first kappa shape index (κ1) is 27.3. The van der Waals surface area contributed by atoms with Crippen molar-refractivity contribution in [3.05, 3.63) is 74.3 Å². The SMILES string of the molecule is Cc1ccc(F)c([C@@](C)(Br)[C@@H](c2n[nH]c(=O)o2)N2CN([C@@H]3CCN(C)C3)c3cc(Cl)ccc3S2(=O)=O)c1C. The number of anilines is 1. The molecule has 1 saturated heterocycles. The van der Waals surface area contributed by atoms with E-state index in [4.69, 9.17) is 16.0 Å². The Morgan fingerprint density at radius 2 is 2.03 bits per heavy atom. The van der Waals surface area contributed by atoms with Crippen LogP contribution in [0.15, 0.2) is 44.4 Å². The molecule has 0 unspecified atom stereocenters. The Morgan fingerprint density at radius 3 is 2.66 bits per heavy atom. The highest BCUT2D eigenvalue weighted by atomic mass is 79.9. The zero-order valence-electron chi connectivity index (χ0n) is 21.3. The van der Waals surface area contributed by atoms with Crippen LogP contribution >= 0.6 is 27.5 Å². The van der Waals surface area contributed by atoms with Gasteiger partial charge in [-0.25, -0.2) is 22.7 Å². The van der Waals surface area contributed by atoms with Gasteiger partial charge in [0.2, 0.25) is 15.9 Å². The summed E-state index contributed by atoms with van der Waals surface area (Å²) in [5.41, 5.74) is 2.22. The van der Waals surface area contributed by atoms with Gasteiger partial charge in [-0.1, -0.05) is 33.6 Å². The highest BCUT2D eigenvalue weighted by molar-refractivity contribution is 9.09. The van der Waals surface area contributed by atoms with Crippen molar-refractivity contribution in [2.24, 2.45) is 0 Å². The van der Waals surface area contributed by atoms with Gasteiger partial charge >= 0.3 is 5.76 Å². The number of hydrogen-bond donors (Lipinski definition) is 1. The maximum atomic E-state index is 15.5. The second kappa shape index (κ2) is 9.74. The van der Waals surface area contributed by atoms with Crippen molar-refractivity contribution in [2.45, 2.75) is 48.5 Å². The molecule has 3 aromatic rings. The second-order valence-electron chi connectivity index (χ2n) is 10.1. The number of sulfonamides is 1. The monoisotopic (exact) mass is 627 g/mol. The Kier molecular flexibility index (Phi) is 7.00. The maximum absolute atomic E-state index is 15.5. The van der Waals surface area contributed by atoms with Crippen molar-refractivity contribution < 1.29 is 17.2 Å². The van der Waals surface area contributed by atoms with E-state index in [1.807, 2.05) is 18.9 Å². The van der Waals surface area contributed by atoms with E-state index < -0.39 is 32.0 Å². The third kappa shape index (κ3) is 4.49. The first-order valence-corrected chi connectivity index (χ1v) is 14.7. The maximum Gasteiger partial charge on any atom is 0.434 e. The fourth-order valence-corrected chi connectivity index (χ4v) is 8.58. The first-order chi connectivity index (χ1) is 17.8. The highest BCUT2D eigenvalue weighted by Gasteiger charge is 2.52. The summed E-state index contributed by atoms with van der Waals surface area (Å²) in [6.45, 7) is 6.78. The normalized spacial score (nSPS) is 22.3. The van der Waals surface area contributed by atoms with Crippen LogP contribution < -0.4 is 10.7 Å². The van der Waals surface area contributed by atoms with Crippen LogP contribution in [0.1, 0.15) is 42.0 Å². The molecular formula is C25H28BrClFN5O4S. The number of hydrogen-bond acceptors (Lipinski definition) is 7. The van der Waals surface area contributed by atoms with E-state index in [9.17, 15) is 13.2 Å². The number of alkyl halides is 1. The molecule has 0 amide bonds. The third-order valence-corrected chi connectivity index (χ3v) is 10.5. The van der Waals surface area contributed by atoms with E-state index in [-0.39, 0.29) is 29.1 Å². The number of rotatable bonds is 5. The van der Waals surface area contributed by atoms with E-state index in [0.717, 1.165) is 25.1 Å². The Bertz CT molecular complexity index is 1560. The lowest BCUT2D eigenvalue weighted by Crippen LogP contribution is -2.55. The molecule has 0 bridgehead atoms. The number of aromatic amines is 1. The quantitative estimate of drug-likeness (QED) is 0.421. The molecule has 5 rings (SSSR count). The van der Waals surface area contributed by atoms with Crippen LogP contribution in [0.4, 0.5) is 10.1 Å². The summed E-state index contributed by atoms with van der Waals surface area (Å²) in [6, 6.07) is 6.45. The third-order valence-electron chi connectivity index (χ3n) is 7.58. The van der Waals surface area contributed by atoms with Gasteiger partial charge in [-0.2, -0.15) is 4.31 Å². The molecule has 1 N–H and O–H groups in total. The number of nitrogens with zero attached hydrogens (tertiary/aromatic N) is 4. The molecule has 2 aliphatic heterocycles. The van der Waals surface area contributed by atoms with Crippen LogP contribution in [-0.4, -0.2) is 60.7 Å². The lowest BCUT2D eigenvalue weighted by Gasteiger charge is -2.46. The van der Waals surface area contributed by atoms with Crippen LogP contribution in [0, 0.1) is 19.7 Å². The van der Waals surface area contributed by atoms with Crippen LogP contribution in [0.25, 0.3) is 0 Å². The molecule has 3 heterocycles. The van der Waals surface area contributed by atoms with Crippen LogP contribution in [0.5, 0.6) is 0 Å². The summed E-state index contributed by atoms with van der Waals surface area (Å²) in [5, 5.41) is 6.67. The molecule has 38 heavy (non-hydrogen) atoms. The van der Waals surface area contributed by atoms with Crippen LogP contribution in [-0.2, 0) is 14.3 Å². The number of nitrogens with one attached hydrogen (secondary N) is 1. The predicted molar refractivity (Wildman–Crippen MR) is 146 cm³/mol. The molecule has 0 saturated carbocycles. The summed E-state index contributed by atoms with van der Waals surface area (Å²) in [4.78, 5) is 16.3. The van der Waals surface area contributed by atoms with Gasteiger partial charge < -0.3 is 14.2 Å². The van der Waals surface area contributed by atoms with Crippen molar-refractivity contribution in [2.75, 3.05) is 31.7 Å². The zero-order valence-corrected chi connectivity index (χ0v) is 24.5. The molecule has 13 heteroatoms. The molecule has 9 nitrogen and oxygen atoms in total. The lowest BCUT2D eigenvalue weighted by atomic mass is 9.87. The smallest absolute Gasteiger partial charge is 0.391 e. The van der Waals surface area contributed by atoms with Gasteiger partial charge in [-0.15, -0.1) is 5.10 Å². The summed E-state index contributed by atoms with van der Waals surface area (Å²) >= 11 is 9.99. The lowest BCUT2D eigenvalue weighted by molar-refractivity contribution is 0.218. The van der Waals surface area contributed by atoms with Gasteiger partial charge in [-0.05, 0) is 76.2 Å². The van der Waals surface area contributed by atoms with Gasteiger partial charge in [0.15, 0.2) is 0 Å².